The molecule has 70 valence electrons. The monoisotopic (exact) mass is 184 g/mol. The summed E-state index contributed by atoms with van der Waals surface area (Å²) in [5.74, 6) is 0.347. The molecule has 0 radical (unpaired) electrons. The molecule has 1 nitrogen and oxygen atoms in total. The lowest BCUT2D eigenvalue weighted by atomic mass is 10.0. The normalized spacial score (nSPS) is 10.3. The van der Waals surface area contributed by atoms with E-state index in [0.717, 1.165) is 22.8 Å². The van der Waals surface area contributed by atoms with Gasteiger partial charge in [0.2, 0.25) is 0 Å². The van der Waals surface area contributed by atoms with Crippen molar-refractivity contribution < 1.29 is 5.11 Å². The van der Waals surface area contributed by atoms with Crippen molar-refractivity contribution >= 4 is 10.8 Å². The maximum absolute atomic E-state index is 9.74. The predicted molar refractivity (Wildman–Crippen MR) is 59.5 cm³/mol. The molecule has 2 aromatic carbocycles. The molecule has 2 rings (SSSR count). The fraction of sp³-hybridized carbons (Fsp3) is 0.0769. The fourth-order valence-electron chi connectivity index (χ4n) is 1.64. The van der Waals surface area contributed by atoms with E-state index in [1.54, 1.807) is 6.07 Å². The van der Waals surface area contributed by atoms with Crippen LogP contribution < -0.4 is 0 Å². The quantitative estimate of drug-likeness (QED) is 0.710. The van der Waals surface area contributed by atoms with Gasteiger partial charge < -0.3 is 5.11 Å². The van der Waals surface area contributed by atoms with Crippen LogP contribution in [0.25, 0.3) is 10.8 Å². The molecule has 1 heteroatoms. The Morgan fingerprint density at radius 1 is 1.21 bits per heavy atom. The van der Waals surface area contributed by atoms with Crippen LogP contribution in [-0.4, -0.2) is 5.11 Å². The molecule has 0 aromatic heterocycles. The second-order valence-electron chi connectivity index (χ2n) is 3.33. The molecule has 0 aliphatic rings. The first-order valence-corrected chi connectivity index (χ1v) is 4.63. The molecule has 0 amide bonds. The number of phenolic OH excluding ortho intramolecular Hbond substituents is 1. The standard InChI is InChI=1S/C13H12O/c1-2-5-10-8-11-6-3-4-7-12(11)13(14)9-10/h2-4,6-9,14H,1,5H2. The van der Waals surface area contributed by atoms with Gasteiger partial charge in [-0.3, -0.25) is 0 Å². The summed E-state index contributed by atoms with van der Waals surface area (Å²) in [6.07, 6.45) is 2.63. The second-order valence-corrected chi connectivity index (χ2v) is 3.33. The molecular weight excluding hydrogens is 172 g/mol. The van der Waals surface area contributed by atoms with Gasteiger partial charge in [-0.1, -0.05) is 36.4 Å². The van der Waals surface area contributed by atoms with E-state index in [2.05, 4.69) is 12.6 Å². The van der Waals surface area contributed by atoms with Crippen LogP contribution in [0, 0.1) is 0 Å². The largest absolute Gasteiger partial charge is 0.507 e. The zero-order chi connectivity index (χ0) is 9.97. The fourth-order valence-corrected chi connectivity index (χ4v) is 1.64. The molecule has 1 N–H and O–H groups in total. The molecular formula is C13H12O. The van der Waals surface area contributed by atoms with Crippen molar-refractivity contribution in [3.8, 4) is 5.75 Å². The minimum atomic E-state index is 0.347. The van der Waals surface area contributed by atoms with Crippen molar-refractivity contribution in [3.05, 3.63) is 54.6 Å². The number of hydrogen-bond donors (Lipinski definition) is 1. The van der Waals surface area contributed by atoms with E-state index in [-0.39, 0.29) is 0 Å². The van der Waals surface area contributed by atoms with E-state index in [1.165, 1.54) is 0 Å². The first kappa shape index (κ1) is 8.82. The van der Waals surface area contributed by atoms with Crippen LogP contribution in [0.1, 0.15) is 5.56 Å². The van der Waals surface area contributed by atoms with Gasteiger partial charge >= 0.3 is 0 Å². The van der Waals surface area contributed by atoms with Gasteiger partial charge in [0.15, 0.2) is 0 Å². The van der Waals surface area contributed by atoms with Crippen molar-refractivity contribution in [2.24, 2.45) is 0 Å². The summed E-state index contributed by atoms with van der Waals surface area (Å²) in [4.78, 5) is 0. The van der Waals surface area contributed by atoms with E-state index in [9.17, 15) is 5.11 Å². The maximum atomic E-state index is 9.74. The molecule has 2 aromatic rings. The van der Waals surface area contributed by atoms with Crippen LogP contribution in [0.2, 0.25) is 0 Å². The summed E-state index contributed by atoms with van der Waals surface area (Å²) >= 11 is 0. The van der Waals surface area contributed by atoms with Crippen LogP contribution in [0.3, 0.4) is 0 Å². The van der Waals surface area contributed by atoms with Crippen molar-refractivity contribution in [2.75, 3.05) is 0 Å². The Kier molecular flexibility index (Phi) is 2.23. The van der Waals surface area contributed by atoms with Crippen LogP contribution >= 0.6 is 0 Å². The zero-order valence-electron chi connectivity index (χ0n) is 7.90. The molecule has 0 spiro atoms. The number of fused-ring (bicyclic) bond motifs is 1. The molecule has 0 saturated heterocycles. The molecule has 0 aliphatic heterocycles. The third-order valence-electron chi connectivity index (χ3n) is 2.28. The maximum Gasteiger partial charge on any atom is 0.123 e. The summed E-state index contributed by atoms with van der Waals surface area (Å²) in [6.45, 7) is 3.68. The summed E-state index contributed by atoms with van der Waals surface area (Å²) in [5.41, 5.74) is 1.09. The number of hydrogen-bond acceptors (Lipinski definition) is 1. The lowest BCUT2D eigenvalue weighted by Crippen LogP contribution is -1.82. The van der Waals surface area contributed by atoms with Gasteiger partial charge in [-0.15, -0.1) is 6.58 Å². The van der Waals surface area contributed by atoms with E-state index in [4.69, 9.17) is 0 Å². The number of rotatable bonds is 2. The Balaban J connectivity index is 2.65. The number of aromatic hydroxyl groups is 1. The van der Waals surface area contributed by atoms with Gasteiger partial charge in [0.25, 0.3) is 0 Å². The highest BCUT2D eigenvalue weighted by Crippen LogP contribution is 2.26. The number of benzene rings is 2. The van der Waals surface area contributed by atoms with Crippen LogP contribution in [0.5, 0.6) is 5.75 Å². The Labute approximate surface area is 83.3 Å². The zero-order valence-corrected chi connectivity index (χ0v) is 7.90. The third-order valence-corrected chi connectivity index (χ3v) is 2.28. The average molecular weight is 184 g/mol. The van der Waals surface area contributed by atoms with Gasteiger partial charge in [0, 0.05) is 5.39 Å². The molecule has 0 heterocycles. The van der Waals surface area contributed by atoms with E-state index >= 15 is 0 Å². The third kappa shape index (κ3) is 1.49. The Hall–Kier alpha value is -1.76. The molecule has 0 atom stereocenters. The lowest BCUT2D eigenvalue weighted by molar-refractivity contribution is 0.481. The minimum absolute atomic E-state index is 0.347. The van der Waals surface area contributed by atoms with Crippen molar-refractivity contribution in [3.63, 3.8) is 0 Å². The van der Waals surface area contributed by atoms with Crippen molar-refractivity contribution in [2.45, 2.75) is 6.42 Å². The first-order chi connectivity index (χ1) is 6.81. The van der Waals surface area contributed by atoms with Crippen molar-refractivity contribution in [1.82, 2.24) is 0 Å². The summed E-state index contributed by atoms with van der Waals surface area (Å²) in [6, 6.07) is 11.7. The Morgan fingerprint density at radius 3 is 2.79 bits per heavy atom. The summed E-state index contributed by atoms with van der Waals surface area (Å²) in [7, 11) is 0. The number of allylic oxidation sites excluding steroid dienone is 1. The smallest absolute Gasteiger partial charge is 0.123 e. The van der Waals surface area contributed by atoms with Gasteiger partial charge in [0.05, 0.1) is 0 Å². The first-order valence-electron chi connectivity index (χ1n) is 4.63. The van der Waals surface area contributed by atoms with Crippen LogP contribution in [0.15, 0.2) is 49.1 Å². The van der Waals surface area contributed by atoms with Gasteiger partial charge in [-0.25, -0.2) is 0 Å². The minimum Gasteiger partial charge on any atom is -0.507 e. The average Bonchev–Trinajstić information content (AvgIpc) is 2.18. The van der Waals surface area contributed by atoms with Crippen LogP contribution in [-0.2, 0) is 6.42 Å². The summed E-state index contributed by atoms with van der Waals surface area (Å²) < 4.78 is 0. The highest BCUT2D eigenvalue weighted by atomic mass is 16.3. The highest BCUT2D eigenvalue weighted by molar-refractivity contribution is 5.88. The lowest BCUT2D eigenvalue weighted by Gasteiger charge is -2.03. The molecule has 0 fully saturated rings. The van der Waals surface area contributed by atoms with Crippen molar-refractivity contribution in [1.29, 1.82) is 0 Å². The van der Waals surface area contributed by atoms with Gasteiger partial charge in [-0.2, -0.15) is 0 Å². The van der Waals surface area contributed by atoms with Gasteiger partial charge in [-0.05, 0) is 23.4 Å². The topological polar surface area (TPSA) is 20.2 Å². The Bertz CT molecular complexity index is 472. The highest BCUT2D eigenvalue weighted by Gasteiger charge is 2.00. The van der Waals surface area contributed by atoms with E-state index < -0.39 is 0 Å². The predicted octanol–water partition coefficient (Wildman–Crippen LogP) is 3.27. The summed E-state index contributed by atoms with van der Waals surface area (Å²) in [5, 5.41) is 11.7. The molecule has 0 bridgehead atoms. The van der Waals surface area contributed by atoms with Gasteiger partial charge in [0.1, 0.15) is 5.75 Å². The Morgan fingerprint density at radius 2 is 2.00 bits per heavy atom. The molecule has 0 unspecified atom stereocenters. The number of phenols is 1. The van der Waals surface area contributed by atoms with E-state index in [0.29, 0.717) is 5.75 Å². The molecule has 0 aliphatic carbocycles. The SMILES string of the molecule is C=CCc1cc(O)c2ccccc2c1. The molecule has 14 heavy (non-hydrogen) atoms. The molecule has 0 saturated carbocycles. The van der Waals surface area contributed by atoms with Crippen LogP contribution in [0.4, 0.5) is 0 Å². The second kappa shape index (κ2) is 3.54. The van der Waals surface area contributed by atoms with E-state index in [1.807, 2.05) is 30.3 Å².